The van der Waals surface area contributed by atoms with Crippen LogP contribution in [0.25, 0.3) is 0 Å². The fourth-order valence-electron chi connectivity index (χ4n) is 1.25. The number of nitrogens with two attached hydrogens (primary N) is 1. The maximum Gasteiger partial charge on any atom is 0.0957 e. The van der Waals surface area contributed by atoms with Crippen LogP contribution in [0.15, 0.2) is 22.7 Å². The van der Waals surface area contributed by atoms with Crippen molar-refractivity contribution >= 4 is 27.5 Å². The zero-order valence-electron chi connectivity index (χ0n) is 7.97. The van der Waals surface area contributed by atoms with Crippen molar-refractivity contribution in [1.82, 2.24) is 0 Å². The van der Waals surface area contributed by atoms with Crippen LogP contribution in [-0.2, 0) is 4.74 Å². The summed E-state index contributed by atoms with van der Waals surface area (Å²) in [4.78, 5) is 0. The number of hydrogen-bond donors (Lipinski definition) is 1. The SMILES string of the molecule is CCOC(CN)c1ccc(Cl)cc1Br. The molecule has 1 unspecified atom stereocenters. The largest absolute Gasteiger partial charge is 0.372 e. The van der Waals surface area contributed by atoms with Gasteiger partial charge in [0.05, 0.1) is 6.10 Å². The van der Waals surface area contributed by atoms with Crippen molar-refractivity contribution in [2.75, 3.05) is 13.2 Å². The predicted octanol–water partition coefficient (Wildman–Crippen LogP) is 3.14. The molecule has 78 valence electrons. The summed E-state index contributed by atoms with van der Waals surface area (Å²) in [7, 11) is 0. The van der Waals surface area contributed by atoms with Gasteiger partial charge in [-0.15, -0.1) is 0 Å². The van der Waals surface area contributed by atoms with Crippen molar-refractivity contribution in [3.63, 3.8) is 0 Å². The van der Waals surface area contributed by atoms with E-state index in [0.29, 0.717) is 18.2 Å². The van der Waals surface area contributed by atoms with E-state index in [2.05, 4.69) is 15.9 Å². The van der Waals surface area contributed by atoms with Gasteiger partial charge in [-0.05, 0) is 24.6 Å². The minimum absolute atomic E-state index is 0.0633. The molecule has 1 rings (SSSR count). The van der Waals surface area contributed by atoms with Crippen molar-refractivity contribution in [2.24, 2.45) is 5.73 Å². The lowest BCUT2D eigenvalue weighted by molar-refractivity contribution is 0.0684. The summed E-state index contributed by atoms with van der Waals surface area (Å²) in [5.41, 5.74) is 6.66. The zero-order valence-corrected chi connectivity index (χ0v) is 10.3. The maximum atomic E-state index is 5.84. The standard InChI is InChI=1S/C10H13BrClNO/c1-2-14-10(6-13)8-4-3-7(12)5-9(8)11/h3-5,10H,2,6,13H2,1H3. The molecule has 0 saturated heterocycles. The lowest BCUT2D eigenvalue weighted by Crippen LogP contribution is -2.16. The Morgan fingerprint density at radius 3 is 2.79 bits per heavy atom. The molecule has 0 aliphatic heterocycles. The first-order valence-electron chi connectivity index (χ1n) is 4.45. The topological polar surface area (TPSA) is 35.2 Å². The van der Waals surface area contributed by atoms with Crippen LogP contribution in [0.3, 0.4) is 0 Å². The molecule has 0 fully saturated rings. The molecule has 0 heterocycles. The summed E-state index contributed by atoms with van der Waals surface area (Å²) in [5, 5.41) is 0.702. The van der Waals surface area contributed by atoms with E-state index in [-0.39, 0.29) is 6.10 Å². The molecule has 2 nitrogen and oxygen atoms in total. The van der Waals surface area contributed by atoms with Gasteiger partial charge in [-0.1, -0.05) is 33.6 Å². The fraction of sp³-hybridized carbons (Fsp3) is 0.400. The van der Waals surface area contributed by atoms with Gasteiger partial charge in [0.25, 0.3) is 0 Å². The van der Waals surface area contributed by atoms with E-state index in [1.54, 1.807) is 0 Å². The summed E-state index contributed by atoms with van der Waals surface area (Å²) >= 11 is 9.28. The maximum absolute atomic E-state index is 5.84. The molecule has 1 atom stereocenters. The highest BCUT2D eigenvalue weighted by Gasteiger charge is 2.12. The Morgan fingerprint density at radius 2 is 2.29 bits per heavy atom. The van der Waals surface area contributed by atoms with Crippen LogP contribution in [0.2, 0.25) is 5.02 Å². The lowest BCUT2D eigenvalue weighted by Gasteiger charge is -2.16. The van der Waals surface area contributed by atoms with Crippen LogP contribution in [0.5, 0.6) is 0 Å². The lowest BCUT2D eigenvalue weighted by atomic mass is 10.1. The van der Waals surface area contributed by atoms with Gasteiger partial charge >= 0.3 is 0 Å². The third-order valence-corrected chi connectivity index (χ3v) is 2.81. The Kier molecular flexibility index (Phi) is 4.89. The van der Waals surface area contributed by atoms with E-state index in [1.807, 2.05) is 25.1 Å². The Labute approximate surface area is 97.5 Å². The minimum atomic E-state index is -0.0633. The van der Waals surface area contributed by atoms with Gasteiger partial charge in [-0.2, -0.15) is 0 Å². The summed E-state index contributed by atoms with van der Waals surface area (Å²) in [6.07, 6.45) is -0.0633. The van der Waals surface area contributed by atoms with Gasteiger partial charge in [-0.3, -0.25) is 0 Å². The second kappa shape index (κ2) is 5.71. The first kappa shape index (κ1) is 12.0. The summed E-state index contributed by atoms with van der Waals surface area (Å²) in [5.74, 6) is 0. The Balaban J connectivity index is 2.92. The molecule has 1 aromatic carbocycles. The van der Waals surface area contributed by atoms with Crippen molar-refractivity contribution in [2.45, 2.75) is 13.0 Å². The van der Waals surface area contributed by atoms with Crippen molar-refractivity contribution < 1.29 is 4.74 Å². The highest BCUT2D eigenvalue weighted by atomic mass is 79.9. The molecule has 0 saturated carbocycles. The third kappa shape index (κ3) is 2.95. The highest BCUT2D eigenvalue weighted by molar-refractivity contribution is 9.10. The second-order valence-electron chi connectivity index (χ2n) is 2.85. The fourth-order valence-corrected chi connectivity index (χ4v) is 2.19. The highest BCUT2D eigenvalue weighted by Crippen LogP contribution is 2.28. The predicted molar refractivity (Wildman–Crippen MR) is 62.6 cm³/mol. The van der Waals surface area contributed by atoms with Gasteiger partial charge in [0.2, 0.25) is 0 Å². The van der Waals surface area contributed by atoms with Crippen LogP contribution < -0.4 is 5.73 Å². The van der Waals surface area contributed by atoms with E-state index in [0.717, 1.165) is 10.0 Å². The molecule has 1 aromatic rings. The van der Waals surface area contributed by atoms with Crippen molar-refractivity contribution in [1.29, 1.82) is 0 Å². The molecular formula is C10H13BrClNO. The van der Waals surface area contributed by atoms with Crippen molar-refractivity contribution in [3.8, 4) is 0 Å². The molecule has 4 heteroatoms. The van der Waals surface area contributed by atoms with E-state index >= 15 is 0 Å². The molecule has 0 aliphatic rings. The van der Waals surface area contributed by atoms with Crippen molar-refractivity contribution in [3.05, 3.63) is 33.3 Å². The monoisotopic (exact) mass is 277 g/mol. The normalized spacial score (nSPS) is 12.9. The first-order chi connectivity index (χ1) is 6.69. The number of halogens is 2. The quantitative estimate of drug-likeness (QED) is 0.918. The molecule has 14 heavy (non-hydrogen) atoms. The molecular weight excluding hydrogens is 265 g/mol. The number of benzene rings is 1. The summed E-state index contributed by atoms with van der Waals surface area (Å²) < 4.78 is 6.44. The number of ether oxygens (including phenoxy) is 1. The van der Waals surface area contributed by atoms with Gasteiger partial charge < -0.3 is 10.5 Å². The Morgan fingerprint density at radius 1 is 1.57 bits per heavy atom. The average Bonchev–Trinajstić information content (AvgIpc) is 2.15. The van der Waals surface area contributed by atoms with E-state index in [1.165, 1.54) is 0 Å². The molecule has 2 N–H and O–H groups in total. The van der Waals surface area contributed by atoms with Crippen LogP contribution in [-0.4, -0.2) is 13.2 Å². The molecule has 0 aliphatic carbocycles. The first-order valence-corrected chi connectivity index (χ1v) is 5.62. The third-order valence-electron chi connectivity index (χ3n) is 1.89. The molecule has 0 spiro atoms. The van der Waals surface area contributed by atoms with Gasteiger partial charge in [0.15, 0.2) is 0 Å². The molecule has 0 bridgehead atoms. The summed E-state index contributed by atoms with van der Waals surface area (Å²) in [6.45, 7) is 3.07. The average molecular weight is 279 g/mol. The molecule has 0 radical (unpaired) electrons. The smallest absolute Gasteiger partial charge is 0.0957 e. The van der Waals surface area contributed by atoms with Crippen LogP contribution in [0.4, 0.5) is 0 Å². The number of rotatable bonds is 4. The van der Waals surface area contributed by atoms with Gasteiger partial charge in [0, 0.05) is 22.6 Å². The molecule has 0 amide bonds. The van der Waals surface area contributed by atoms with Crippen LogP contribution in [0, 0.1) is 0 Å². The second-order valence-corrected chi connectivity index (χ2v) is 4.14. The van der Waals surface area contributed by atoms with Crippen LogP contribution in [0.1, 0.15) is 18.6 Å². The van der Waals surface area contributed by atoms with Gasteiger partial charge in [0.1, 0.15) is 0 Å². The van der Waals surface area contributed by atoms with Gasteiger partial charge in [-0.25, -0.2) is 0 Å². The van der Waals surface area contributed by atoms with E-state index in [9.17, 15) is 0 Å². The Bertz CT molecular complexity index is 306. The minimum Gasteiger partial charge on any atom is -0.372 e. The molecule has 0 aromatic heterocycles. The Hall–Kier alpha value is -0.0900. The summed E-state index contributed by atoms with van der Waals surface area (Å²) in [6, 6.07) is 5.61. The van der Waals surface area contributed by atoms with Crippen LogP contribution >= 0.6 is 27.5 Å². The van der Waals surface area contributed by atoms with E-state index < -0.39 is 0 Å². The zero-order chi connectivity index (χ0) is 10.6. The van der Waals surface area contributed by atoms with E-state index in [4.69, 9.17) is 22.1 Å². The number of hydrogen-bond acceptors (Lipinski definition) is 2.